The van der Waals surface area contributed by atoms with Crippen LogP contribution in [0.5, 0.6) is 0 Å². The molecule has 2 N–H and O–H groups in total. The summed E-state index contributed by atoms with van der Waals surface area (Å²) in [5.41, 5.74) is 2.22. The SMILES string of the molecule is Cc1nn(C)c(C)c1S(=O)(=O)Nc1ccc(C(C)O)cc1. The third-order valence-corrected chi connectivity index (χ3v) is 4.99. The second-order valence-electron chi connectivity index (χ2n) is 5.03. The molecular formula is C14H19N3O3S. The molecule has 1 aromatic carbocycles. The Morgan fingerprint density at radius 1 is 1.24 bits per heavy atom. The van der Waals surface area contributed by atoms with Gasteiger partial charge in [0.15, 0.2) is 0 Å². The number of aromatic nitrogens is 2. The monoisotopic (exact) mass is 309 g/mol. The number of nitrogens with zero attached hydrogens (tertiary/aromatic N) is 2. The predicted octanol–water partition coefficient (Wildman–Crippen LogP) is 1.89. The van der Waals surface area contributed by atoms with Crippen LogP contribution in [0.3, 0.4) is 0 Å². The van der Waals surface area contributed by atoms with Crippen molar-refractivity contribution in [1.29, 1.82) is 0 Å². The first-order chi connectivity index (χ1) is 9.72. The Labute approximate surface area is 124 Å². The van der Waals surface area contributed by atoms with Gasteiger partial charge in [-0.2, -0.15) is 5.10 Å². The normalized spacial score (nSPS) is 13.2. The number of hydrogen-bond acceptors (Lipinski definition) is 4. The van der Waals surface area contributed by atoms with Crippen LogP contribution >= 0.6 is 0 Å². The van der Waals surface area contributed by atoms with Crippen molar-refractivity contribution in [2.45, 2.75) is 31.8 Å². The molecule has 1 atom stereocenters. The zero-order valence-electron chi connectivity index (χ0n) is 12.5. The van der Waals surface area contributed by atoms with Crippen molar-refractivity contribution in [2.24, 2.45) is 7.05 Å². The van der Waals surface area contributed by atoms with Crippen molar-refractivity contribution in [3.8, 4) is 0 Å². The van der Waals surface area contributed by atoms with E-state index in [1.807, 2.05) is 0 Å². The molecule has 2 aromatic rings. The highest BCUT2D eigenvalue weighted by Gasteiger charge is 2.23. The molecule has 7 heteroatoms. The molecule has 0 saturated carbocycles. The van der Waals surface area contributed by atoms with Gasteiger partial charge < -0.3 is 5.11 Å². The first-order valence-electron chi connectivity index (χ1n) is 6.53. The predicted molar refractivity (Wildman–Crippen MR) is 80.6 cm³/mol. The molecule has 0 fully saturated rings. The largest absolute Gasteiger partial charge is 0.389 e. The molecule has 0 radical (unpaired) electrons. The Morgan fingerprint density at radius 2 is 1.81 bits per heavy atom. The van der Waals surface area contributed by atoms with Gasteiger partial charge in [-0.05, 0) is 38.5 Å². The third-order valence-electron chi connectivity index (χ3n) is 3.36. The minimum Gasteiger partial charge on any atom is -0.389 e. The van der Waals surface area contributed by atoms with Crippen LogP contribution in [0.2, 0.25) is 0 Å². The summed E-state index contributed by atoms with van der Waals surface area (Å²) in [5.74, 6) is 0. The van der Waals surface area contributed by atoms with Crippen molar-refractivity contribution in [3.05, 3.63) is 41.2 Å². The molecule has 0 saturated heterocycles. The lowest BCUT2D eigenvalue weighted by atomic mass is 10.1. The molecule has 2 rings (SSSR count). The molecular weight excluding hydrogens is 290 g/mol. The van der Waals surface area contributed by atoms with Gasteiger partial charge in [-0.15, -0.1) is 0 Å². The quantitative estimate of drug-likeness (QED) is 0.903. The highest BCUT2D eigenvalue weighted by molar-refractivity contribution is 7.92. The number of nitrogens with one attached hydrogen (secondary N) is 1. The number of aliphatic hydroxyl groups is 1. The number of rotatable bonds is 4. The molecule has 0 spiro atoms. The summed E-state index contributed by atoms with van der Waals surface area (Å²) in [7, 11) is -1.98. The van der Waals surface area contributed by atoms with Crippen LogP contribution in [0, 0.1) is 13.8 Å². The molecule has 6 nitrogen and oxygen atoms in total. The summed E-state index contributed by atoms with van der Waals surface area (Å²) in [6.45, 7) is 5.03. The Balaban J connectivity index is 2.33. The molecule has 0 bridgehead atoms. The van der Waals surface area contributed by atoms with Crippen LogP contribution in [0.15, 0.2) is 29.2 Å². The lowest BCUT2D eigenvalue weighted by Crippen LogP contribution is -2.15. The van der Waals surface area contributed by atoms with E-state index >= 15 is 0 Å². The van der Waals surface area contributed by atoms with E-state index in [0.717, 1.165) is 5.56 Å². The van der Waals surface area contributed by atoms with Crippen molar-refractivity contribution in [2.75, 3.05) is 4.72 Å². The van der Waals surface area contributed by atoms with Crippen LogP contribution in [0.25, 0.3) is 0 Å². The summed E-state index contributed by atoms with van der Waals surface area (Å²) in [6, 6.07) is 6.62. The molecule has 1 unspecified atom stereocenters. The van der Waals surface area contributed by atoms with Crippen LogP contribution in [0.4, 0.5) is 5.69 Å². The summed E-state index contributed by atoms with van der Waals surface area (Å²) in [4.78, 5) is 0.199. The zero-order chi connectivity index (χ0) is 15.8. The lowest BCUT2D eigenvalue weighted by Gasteiger charge is -2.10. The average molecular weight is 309 g/mol. The zero-order valence-corrected chi connectivity index (χ0v) is 13.3. The van der Waals surface area contributed by atoms with Gasteiger partial charge in [-0.1, -0.05) is 12.1 Å². The van der Waals surface area contributed by atoms with Gasteiger partial charge in [0.05, 0.1) is 17.5 Å². The lowest BCUT2D eigenvalue weighted by molar-refractivity contribution is 0.199. The minimum absolute atomic E-state index is 0.199. The van der Waals surface area contributed by atoms with Crippen LogP contribution in [-0.4, -0.2) is 23.3 Å². The summed E-state index contributed by atoms with van der Waals surface area (Å²) in [5, 5.41) is 13.6. The van der Waals surface area contributed by atoms with E-state index in [4.69, 9.17) is 0 Å². The topological polar surface area (TPSA) is 84.2 Å². The maximum atomic E-state index is 12.5. The third kappa shape index (κ3) is 3.08. The molecule has 1 heterocycles. The Morgan fingerprint density at radius 3 is 2.24 bits per heavy atom. The number of aliphatic hydroxyl groups excluding tert-OH is 1. The minimum atomic E-state index is -3.68. The average Bonchev–Trinajstić information content (AvgIpc) is 2.63. The maximum absolute atomic E-state index is 12.5. The second kappa shape index (κ2) is 5.50. The number of benzene rings is 1. The van der Waals surface area contributed by atoms with E-state index in [-0.39, 0.29) is 4.90 Å². The molecule has 0 aliphatic heterocycles. The molecule has 0 aliphatic rings. The Kier molecular flexibility index (Phi) is 4.06. The van der Waals surface area contributed by atoms with Crippen LogP contribution in [-0.2, 0) is 17.1 Å². The first kappa shape index (κ1) is 15.5. The van der Waals surface area contributed by atoms with E-state index in [9.17, 15) is 13.5 Å². The Bertz CT molecular complexity index is 747. The highest BCUT2D eigenvalue weighted by atomic mass is 32.2. The van der Waals surface area contributed by atoms with E-state index in [0.29, 0.717) is 17.1 Å². The molecule has 21 heavy (non-hydrogen) atoms. The van der Waals surface area contributed by atoms with Gasteiger partial charge in [0.2, 0.25) is 0 Å². The maximum Gasteiger partial charge on any atom is 0.265 e. The second-order valence-corrected chi connectivity index (χ2v) is 6.65. The van der Waals surface area contributed by atoms with Crippen LogP contribution < -0.4 is 4.72 Å². The van der Waals surface area contributed by atoms with E-state index in [1.165, 1.54) is 0 Å². The molecule has 0 amide bonds. The fourth-order valence-electron chi connectivity index (χ4n) is 2.18. The molecule has 114 valence electrons. The summed E-state index contributed by atoms with van der Waals surface area (Å²) >= 11 is 0. The van der Waals surface area contributed by atoms with E-state index in [1.54, 1.807) is 56.8 Å². The summed E-state index contributed by atoms with van der Waals surface area (Å²) in [6.07, 6.45) is -0.585. The van der Waals surface area contributed by atoms with E-state index < -0.39 is 16.1 Å². The van der Waals surface area contributed by atoms with Crippen molar-refractivity contribution in [1.82, 2.24) is 9.78 Å². The number of aryl methyl sites for hydroxylation is 2. The van der Waals surface area contributed by atoms with Gasteiger partial charge in [0.1, 0.15) is 4.90 Å². The number of anilines is 1. The molecule has 1 aromatic heterocycles. The van der Waals surface area contributed by atoms with Gasteiger partial charge in [0.25, 0.3) is 10.0 Å². The van der Waals surface area contributed by atoms with Crippen molar-refractivity contribution < 1.29 is 13.5 Å². The van der Waals surface area contributed by atoms with Gasteiger partial charge in [0, 0.05) is 12.7 Å². The van der Waals surface area contributed by atoms with Crippen molar-refractivity contribution in [3.63, 3.8) is 0 Å². The fourth-order valence-corrected chi connectivity index (χ4v) is 3.68. The van der Waals surface area contributed by atoms with Gasteiger partial charge in [-0.3, -0.25) is 9.40 Å². The van der Waals surface area contributed by atoms with Crippen molar-refractivity contribution >= 4 is 15.7 Å². The highest BCUT2D eigenvalue weighted by Crippen LogP contribution is 2.23. The number of hydrogen-bond donors (Lipinski definition) is 2. The Hall–Kier alpha value is -1.86. The van der Waals surface area contributed by atoms with E-state index in [2.05, 4.69) is 9.82 Å². The van der Waals surface area contributed by atoms with Gasteiger partial charge >= 0.3 is 0 Å². The first-order valence-corrected chi connectivity index (χ1v) is 8.01. The van der Waals surface area contributed by atoms with Crippen LogP contribution in [0.1, 0.15) is 30.0 Å². The standard InChI is InChI=1S/C14H19N3O3S/c1-9-14(10(2)17(4)15-9)21(19,20)16-13-7-5-12(6-8-13)11(3)18/h5-8,11,16,18H,1-4H3. The fraction of sp³-hybridized carbons (Fsp3) is 0.357. The van der Waals surface area contributed by atoms with Gasteiger partial charge in [-0.25, -0.2) is 8.42 Å². The summed E-state index contributed by atoms with van der Waals surface area (Å²) < 4.78 is 29.0. The molecule has 0 aliphatic carbocycles. The smallest absolute Gasteiger partial charge is 0.265 e. The number of sulfonamides is 1.